The number of benzene rings is 1. The molecule has 1 atom stereocenters. The molecule has 1 fully saturated rings. The first-order valence-electron chi connectivity index (χ1n) is 7.41. The second-order valence-electron chi connectivity index (χ2n) is 5.67. The van der Waals surface area contributed by atoms with E-state index in [0.29, 0.717) is 0 Å². The molecule has 19 heavy (non-hydrogen) atoms. The summed E-state index contributed by atoms with van der Waals surface area (Å²) in [5.41, 5.74) is 1.56. The van der Waals surface area contributed by atoms with Crippen LogP contribution in [-0.4, -0.2) is 34.6 Å². The monoisotopic (exact) mass is 339 g/mol. The summed E-state index contributed by atoms with van der Waals surface area (Å²) in [7, 11) is 0. The van der Waals surface area contributed by atoms with E-state index in [1.54, 1.807) is 5.56 Å². The van der Waals surface area contributed by atoms with Gasteiger partial charge in [0.15, 0.2) is 0 Å². The summed E-state index contributed by atoms with van der Waals surface area (Å²) in [6.45, 7) is 2.54. The van der Waals surface area contributed by atoms with Gasteiger partial charge in [0.25, 0.3) is 0 Å². The van der Waals surface area contributed by atoms with Gasteiger partial charge >= 0.3 is 0 Å². The Morgan fingerprint density at radius 2 is 2.11 bits per heavy atom. The Hall–Kier alpha value is 0.01000. The SMILES string of the molecule is BrCCCN(CC1Cc2ccccc2S1)C1CCC1. The Bertz CT molecular complexity index is 394. The third-order valence-electron chi connectivity index (χ3n) is 4.32. The molecule has 104 valence electrons. The number of hydrogen-bond donors (Lipinski definition) is 0. The van der Waals surface area contributed by atoms with Crippen LogP contribution in [0.15, 0.2) is 29.2 Å². The van der Waals surface area contributed by atoms with Gasteiger partial charge in [-0.05, 0) is 43.9 Å². The molecule has 1 aromatic carbocycles. The summed E-state index contributed by atoms with van der Waals surface area (Å²) >= 11 is 5.67. The highest BCUT2D eigenvalue weighted by molar-refractivity contribution is 9.09. The molecule has 3 heteroatoms. The van der Waals surface area contributed by atoms with Crippen molar-refractivity contribution in [1.29, 1.82) is 0 Å². The lowest BCUT2D eigenvalue weighted by Gasteiger charge is -2.38. The zero-order chi connectivity index (χ0) is 13.1. The van der Waals surface area contributed by atoms with Gasteiger partial charge < -0.3 is 0 Å². The lowest BCUT2D eigenvalue weighted by Crippen LogP contribution is -2.44. The second kappa shape index (κ2) is 6.64. The summed E-state index contributed by atoms with van der Waals surface area (Å²) in [4.78, 5) is 4.27. The molecule has 1 aliphatic carbocycles. The lowest BCUT2D eigenvalue weighted by atomic mass is 9.91. The van der Waals surface area contributed by atoms with Crippen LogP contribution in [0.1, 0.15) is 31.2 Å². The molecule has 1 aromatic rings. The van der Waals surface area contributed by atoms with Gasteiger partial charge in [0.2, 0.25) is 0 Å². The Morgan fingerprint density at radius 1 is 1.26 bits per heavy atom. The zero-order valence-electron chi connectivity index (χ0n) is 11.4. The van der Waals surface area contributed by atoms with Gasteiger partial charge in [0, 0.05) is 28.1 Å². The summed E-state index contributed by atoms with van der Waals surface area (Å²) in [6.07, 6.45) is 6.83. The maximum atomic E-state index is 3.57. The van der Waals surface area contributed by atoms with Crippen LogP contribution in [0.4, 0.5) is 0 Å². The number of hydrogen-bond acceptors (Lipinski definition) is 2. The molecule has 1 saturated carbocycles. The summed E-state index contributed by atoms with van der Waals surface area (Å²) < 4.78 is 0. The molecule has 0 amide bonds. The van der Waals surface area contributed by atoms with E-state index in [0.717, 1.165) is 16.6 Å². The summed E-state index contributed by atoms with van der Waals surface area (Å²) in [5.74, 6) is 0. The molecule has 1 aliphatic heterocycles. The van der Waals surface area contributed by atoms with Crippen LogP contribution in [0.3, 0.4) is 0 Å². The fraction of sp³-hybridized carbons (Fsp3) is 0.625. The highest BCUT2D eigenvalue weighted by Crippen LogP contribution is 2.38. The maximum absolute atomic E-state index is 3.57. The van der Waals surface area contributed by atoms with E-state index in [1.165, 1.54) is 50.1 Å². The fourth-order valence-electron chi connectivity index (χ4n) is 3.05. The van der Waals surface area contributed by atoms with Crippen LogP contribution < -0.4 is 0 Å². The normalized spacial score (nSPS) is 22.5. The molecule has 1 unspecified atom stereocenters. The third kappa shape index (κ3) is 3.37. The van der Waals surface area contributed by atoms with E-state index in [9.17, 15) is 0 Å². The molecule has 0 aromatic heterocycles. The largest absolute Gasteiger partial charge is 0.299 e. The molecule has 2 aliphatic rings. The first-order valence-corrected chi connectivity index (χ1v) is 9.41. The van der Waals surface area contributed by atoms with E-state index < -0.39 is 0 Å². The molecule has 0 spiro atoms. The Labute approximate surface area is 129 Å². The van der Waals surface area contributed by atoms with Crippen molar-refractivity contribution in [3.8, 4) is 0 Å². The van der Waals surface area contributed by atoms with Gasteiger partial charge in [-0.3, -0.25) is 4.90 Å². The molecular weight excluding hydrogens is 318 g/mol. The molecule has 0 bridgehead atoms. The van der Waals surface area contributed by atoms with E-state index >= 15 is 0 Å². The maximum Gasteiger partial charge on any atom is 0.0263 e. The standard InChI is InChI=1S/C16H22BrNS/c17-9-4-10-18(14-6-3-7-14)12-15-11-13-5-1-2-8-16(13)19-15/h1-2,5,8,14-15H,3-4,6-7,9-12H2. The van der Waals surface area contributed by atoms with Gasteiger partial charge in [0.05, 0.1) is 0 Å². The summed E-state index contributed by atoms with van der Waals surface area (Å²) in [5, 5.41) is 1.90. The highest BCUT2D eigenvalue weighted by Gasteiger charge is 2.29. The minimum absolute atomic E-state index is 0.772. The number of alkyl halides is 1. The van der Waals surface area contributed by atoms with Crippen molar-refractivity contribution in [1.82, 2.24) is 4.90 Å². The second-order valence-corrected chi connectivity index (χ2v) is 7.81. The number of halogens is 1. The zero-order valence-corrected chi connectivity index (χ0v) is 13.8. The average molecular weight is 340 g/mol. The van der Waals surface area contributed by atoms with Crippen molar-refractivity contribution in [3.05, 3.63) is 29.8 Å². The number of thioether (sulfide) groups is 1. The van der Waals surface area contributed by atoms with Crippen molar-refractivity contribution in [2.45, 2.75) is 48.3 Å². The van der Waals surface area contributed by atoms with Crippen LogP contribution in [-0.2, 0) is 6.42 Å². The van der Waals surface area contributed by atoms with Crippen molar-refractivity contribution < 1.29 is 0 Å². The van der Waals surface area contributed by atoms with Crippen molar-refractivity contribution in [2.75, 3.05) is 18.4 Å². The van der Waals surface area contributed by atoms with E-state index in [2.05, 4.69) is 56.9 Å². The molecule has 1 heterocycles. The number of fused-ring (bicyclic) bond motifs is 1. The van der Waals surface area contributed by atoms with Gasteiger partial charge in [0.1, 0.15) is 0 Å². The first-order chi connectivity index (χ1) is 9.36. The topological polar surface area (TPSA) is 3.24 Å². The average Bonchev–Trinajstić information content (AvgIpc) is 2.76. The molecule has 0 radical (unpaired) electrons. The Kier molecular flexibility index (Phi) is 4.88. The van der Waals surface area contributed by atoms with Crippen molar-refractivity contribution in [2.24, 2.45) is 0 Å². The first kappa shape index (κ1) is 14.0. The van der Waals surface area contributed by atoms with E-state index in [1.807, 2.05) is 0 Å². The Morgan fingerprint density at radius 3 is 2.79 bits per heavy atom. The minimum Gasteiger partial charge on any atom is -0.299 e. The van der Waals surface area contributed by atoms with Crippen LogP contribution in [0.5, 0.6) is 0 Å². The predicted octanol–water partition coefficient (Wildman–Crippen LogP) is 4.34. The van der Waals surface area contributed by atoms with E-state index in [-0.39, 0.29) is 0 Å². The van der Waals surface area contributed by atoms with Crippen LogP contribution in [0.25, 0.3) is 0 Å². The number of rotatable bonds is 6. The number of nitrogens with zero attached hydrogens (tertiary/aromatic N) is 1. The van der Waals surface area contributed by atoms with Gasteiger partial charge in [-0.25, -0.2) is 0 Å². The van der Waals surface area contributed by atoms with Gasteiger partial charge in [-0.1, -0.05) is 40.5 Å². The molecular formula is C16H22BrNS. The molecule has 0 saturated heterocycles. The summed E-state index contributed by atoms with van der Waals surface area (Å²) in [6, 6.07) is 9.81. The predicted molar refractivity (Wildman–Crippen MR) is 87.4 cm³/mol. The Balaban J connectivity index is 1.57. The molecule has 3 rings (SSSR count). The highest BCUT2D eigenvalue weighted by atomic mass is 79.9. The fourth-order valence-corrected chi connectivity index (χ4v) is 4.65. The minimum atomic E-state index is 0.772. The van der Waals surface area contributed by atoms with Crippen LogP contribution in [0, 0.1) is 0 Å². The van der Waals surface area contributed by atoms with Crippen molar-refractivity contribution >= 4 is 27.7 Å². The van der Waals surface area contributed by atoms with Crippen LogP contribution in [0.2, 0.25) is 0 Å². The molecule has 0 N–H and O–H groups in total. The molecule has 1 nitrogen and oxygen atoms in total. The van der Waals surface area contributed by atoms with Crippen molar-refractivity contribution in [3.63, 3.8) is 0 Å². The lowest BCUT2D eigenvalue weighted by molar-refractivity contribution is 0.128. The third-order valence-corrected chi connectivity index (χ3v) is 6.18. The van der Waals surface area contributed by atoms with Gasteiger partial charge in [-0.2, -0.15) is 0 Å². The quantitative estimate of drug-likeness (QED) is 0.709. The smallest absolute Gasteiger partial charge is 0.0263 e. The van der Waals surface area contributed by atoms with Crippen LogP contribution >= 0.6 is 27.7 Å². The van der Waals surface area contributed by atoms with Gasteiger partial charge in [-0.15, -0.1) is 11.8 Å². The van der Waals surface area contributed by atoms with E-state index in [4.69, 9.17) is 0 Å².